The van der Waals surface area contributed by atoms with Crippen LogP contribution in [0.5, 0.6) is 0 Å². The molecule has 0 unspecified atom stereocenters. The first kappa shape index (κ1) is 10.4. The largest absolute Gasteiger partial charge is 0.454 e. The van der Waals surface area contributed by atoms with E-state index in [0.717, 1.165) is 5.56 Å². The highest BCUT2D eigenvalue weighted by atomic mass is 16.3. The summed E-state index contributed by atoms with van der Waals surface area (Å²) in [4.78, 5) is 4.27. The van der Waals surface area contributed by atoms with Crippen LogP contribution in [0.25, 0.3) is 0 Å². The summed E-state index contributed by atoms with van der Waals surface area (Å²) in [6, 6.07) is 13.6. The lowest BCUT2D eigenvalue weighted by Crippen LogP contribution is -1.82. The second-order valence-electron chi connectivity index (χ2n) is 3.34. The molecule has 1 aromatic heterocycles. The first-order valence-electron chi connectivity index (χ1n) is 5.02. The van der Waals surface area contributed by atoms with Crippen LogP contribution in [0, 0.1) is 5.41 Å². The molecule has 1 aromatic carbocycles. The number of benzene rings is 1. The van der Waals surface area contributed by atoms with Crippen LogP contribution in [0.2, 0.25) is 0 Å². The first-order chi connectivity index (χ1) is 7.88. The van der Waals surface area contributed by atoms with Crippen LogP contribution in [0.4, 0.5) is 0 Å². The van der Waals surface area contributed by atoms with Gasteiger partial charge in [0, 0.05) is 0 Å². The molecule has 0 fully saturated rings. The Labute approximate surface area is 94.0 Å². The SMILES string of the molecule is N=Cc1ccc(/C=N/Cc2ccccc2)o1. The van der Waals surface area contributed by atoms with Crippen LogP contribution in [-0.2, 0) is 6.54 Å². The molecule has 2 rings (SSSR count). The van der Waals surface area contributed by atoms with Crippen molar-refractivity contribution in [3.63, 3.8) is 0 Å². The van der Waals surface area contributed by atoms with Gasteiger partial charge in [-0.1, -0.05) is 30.3 Å². The van der Waals surface area contributed by atoms with Gasteiger partial charge >= 0.3 is 0 Å². The number of aliphatic imine (C=N–C) groups is 1. The Balaban J connectivity index is 1.97. The molecule has 0 saturated carbocycles. The van der Waals surface area contributed by atoms with Crippen molar-refractivity contribution in [3.8, 4) is 0 Å². The van der Waals surface area contributed by atoms with E-state index in [9.17, 15) is 0 Å². The van der Waals surface area contributed by atoms with Crippen LogP contribution in [-0.4, -0.2) is 12.4 Å². The fourth-order valence-corrected chi connectivity index (χ4v) is 1.34. The van der Waals surface area contributed by atoms with E-state index in [-0.39, 0.29) is 0 Å². The molecule has 80 valence electrons. The molecular formula is C13H12N2O. The zero-order valence-corrected chi connectivity index (χ0v) is 8.76. The number of furan rings is 1. The molecule has 0 aliphatic heterocycles. The molecule has 0 atom stereocenters. The number of nitrogens with zero attached hydrogens (tertiary/aromatic N) is 1. The lowest BCUT2D eigenvalue weighted by Gasteiger charge is -1.93. The lowest BCUT2D eigenvalue weighted by atomic mass is 10.2. The first-order valence-corrected chi connectivity index (χ1v) is 5.02. The second kappa shape index (κ2) is 5.07. The number of hydrogen-bond donors (Lipinski definition) is 1. The van der Waals surface area contributed by atoms with Crippen LogP contribution in [0.15, 0.2) is 51.9 Å². The fraction of sp³-hybridized carbons (Fsp3) is 0.0769. The van der Waals surface area contributed by atoms with Crippen molar-refractivity contribution < 1.29 is 4.42 Å². The van der Waals surface area contributed by atoms with Crippen molar-refractivity contribution in [2.45, 2.75) is 6.54 Å². The maximum absolute atomic E-state index is 7.01. The molecule has 0 aliphatic rings. The van der Waals surface area contributed by atoms with E-state index in [1.165, 1.54) is 6.21 Å². The third-order valence-corrected chi connectivity index (χ3v) is 2.13. The minimum absolute atomic E-state index is 0.543. The van der Waals surface area contributed by atoms with Gasteiger partial charge in [-0.05, 0) is 17.7 Å². The third kappa shape index (κ3) is 2.67. The highest BCUT2D eigenvalue weighted by Crippen LogP contribution is 2.04. The van der Waals surface area contributed by atoms with Gasteiger partial charge in [0.15, 0.2) is 0 Å². The van der Waals surface area contributed by atoms with E-state index in [1.54, 1.807) is 18.3 Å². The lowest BCUT2D eigenvalue weighted by molar-refractivity contribution is 0.552. The van der Waals surface area contributed by atoms with Gasteiger partial charge in [-0.25, -0.2) is 0 Å². The van der Waals surface area contributed by atoms with Crippen molar-refractivity contribution in [2.75, 3.05) is 0 Å². The highest BCUT2D eigenvalue weighted by Gasteiger charge is 1.95. The summed E-state index contributed by atoms with van der Waals surface area (Å²) in [6.07, 6.45) is 2.86. The zero-order valence-electron chi connectivity index (χ0n) is 8.76. The molecule has 0 spiro atoms. The Bertz CT molecular complexity index is 486. The molecule has 1 N–H and O–H groups in total. The summed E-state index contributed by atoms with van der Waals surface area (Å²) in [7, 11) is 0. The van der Waals surface area contributed by atoms with Gasteiger partial charge < -0.3 is 9.83 Å². The van der Waals surface area contributed by atoms with Crippen molar-refractivity contribution in [1.82, 2.24) is 0 Å². The molecule has 16 heavy (non-hydrogen) atoms. The van der Waals surface area contributed by atoms with Crippen LogP contribution in [0.1, 0.15) is 17.1 Å². The van der Waals surface area contributed by atoms with Gasteiger partial charge in [0.2, 0.25) is 0 Å². The van der Waals surface area contributed by atoms with Gasteiger partial charge in [0.05, 0.1) is 19.0 Å². The van der Waals surface area contributed by atoms with E-state index in [2.05, 4.69) is 4.99 Å². The summed E-state index contributed by atoms with van der Waals surface area (Å²) >= 11 is 0. The minimum Gasteiger partial charge on any atom is -0.454 e. The van der Waals surface area contributed by atoms with Crippen molar-refractivity contribution in [1.29, 1.82) is 5.41 Å². The molecule has 0 radical (unpaired) electrons. The molecule has 3 nitrogen and oxygen atoms in total. The molecule has 0 aliphatic carbocycles. The van der Waals surface area contributed by atoms with Gasteiger partial charge in [-0.15, -0.1) is 0 Å². The van der Waals surface area contributed by atoms with Gasteiger partial charge in [0.25, 0.3) is 0 Å². The van der Waals surface area contributed by atoms with Crippen molar-refractivity contribution in [2.24, 2.45) is 4.99 Å². The minimum atomic E-state index is 0.543. The molecule has 0 amide bonds. The Kier molecular flexibility index (Phi) is 3.28. The number of rotatable bonds is 4. The standard InChI is InChI=1S/C13H12N2O/c14-8-12-6-7-13(16-12)10-15-9-11-4-2-1-3-5-11/h1-8,10,14H,9H2/b14-8?,15-10+. The molecule has 1 heterocycles. The smallest absolute Gasteiger partial charge is 0.145 e. The second-order valence-corrected chi connectivity index (χ2v) is 3.34. The van der Waals surface area contributed by atoms with E-state index in [1.807, 2.05) is 30.3 Å². The maximum atomic E-state index is 7.01. The van der Waals surface area contributed by atoms with Gasteiger partial charge in [-0.3, -0.25) is 4.99 Å². The number of nitrogens with one attached hydrogen (secondary N) is 1. The maximum Gasteiger partial charge on any atom is 0.145 e. The van der Waals surface area contributed by atoms with E-state index in [4.69, 9.17) is 9.83 Å². The van der Waals surface area contributed by atoms with E-state index >= 15 is 0 Å². The normalized spacial score (nSPS) is 10.8. The van der Waals surface area contributed by atoms with E-state index in [0.29, 0.717) is 18.1 Å². The Morgan fingerprint density at radius 3 is 2.50 bits per heavy atom. The monoisotopic (exact) mass is 212 g/mol. The zero-order chi connectivity index (χ0) is 11.2. The van der Waals surface area contributed by atoms with Crippen molar-refractivity contribution >= 4 is 12.4 Å². The van der Waals surface area contributed by atoms with Gasteiger partial charge in [-0.2, -0.15) is 0 Å². The molecule has 0 saturated heterocycles. The van der Waals surface area contributed by atoms with Gasteiger partial charge in [0.1, 0.15) is 11.5 Å². The van der Waals surface area contributed by atoms with Crippen LogP contribution >= 0.6 is 0 Å². The summed E-state index contributed by atoms with van der Waals surface area (Å²) in [5.41, 5.74) is 1.16. The third-order valence-electron chi connectivity index (χ3n) is 2.13. The topological polar surface area (TPSA) is 49.4 Å². The predicted octanol–water partition coefficient (Wildman–Crippen LogP) is 2.90. The summed E-state index contributed by atoms with van der Waals surface area (Å²) in [5, 5.41) is 7.01. The molecule has 3 heteroatoms. The molecular weight excluding hydrogens is 200 g/mol. The highest BCUT2D eigenvalue weighted by molar-refractivity contribution is 5.79. The van der Waals surface area contributed by atoms with Crippen LogP contribution in [0.3, 0.4) is 0 Å². The summed E-state index contributed by atoms with van der Waals surface area (Å²) in [6.45, 7) is 0.640. The Morgan fingerprint density at radius 2 is 1.81 bits per heavy atom. The fourth-order valence-electron chi connectivity index (χ4n) is 1.34. The van der Waals surface area contributed by atoms with Crippen molar-refractivity contribution in [3.05, 3.63) is 59.5 Å². The average Bonchev–Trinajstić information content (AvgIpc) is 2.78. The Morgan fingerprint density at radius 1 is 1.06 bits per heavy atom. The predicted molar refractivity (Wildman–Crippen MR) is 64.3 cm³/mol. The number of hydrogen-bond acceptors (Lipinski definition) is 3. The quantitative estimate of drug-likeness (QED) is 0.778. The average molecular weight is 212 g/mol. The summed E-state index contributed by atoms with van der Waals surface area (Å²) in [5.74, 6) is 1.22. The molecule has 2 aromatic rings. The Hall–Kier alpha value is -2.16. The van der Waals surface area contributed by atoms with E-state index < -0.39 is 0 Å². The summed E-state index contributed by atoms with van der Waals surface area (Å²) < 4.78 is 5.28. The molecule has 0 bridgehead atoms. The van der Waals surface area contributed by atoms with Crippen LogP contribution < -0.4 is 0 Å².